The van der Waals surface area contributed by atoms with E-state index in [2.05, 4.69) is 4.74 Å². The molecule has 0 unspecified atom stereocenters. The number of cyclic esters (lactones) is 2. The fraction of sp³-hybridized carbons (Fsp3) is 0.286. The molecule has 0 N–H and O–H groups in total. The largest absolute Gasteiger partial charge is 0.393 e. The van der Waals surface area contributed by atoms with Gasteiger partial charge < -0.3 is 9.30 Å². The molecule has 1 fully saturated rings. The van der Waals surface area contributed by atoms with Gasteiger partial charge in [-0.15, -0.1) is 0 Å². The second-order valence-corrected chi connectivity index (χ2v) is 4.70. The van der Waals surface area contributed by atoms with Crippen molar-refractivity contribution in [2.45, 2.75) is 18.8 Å². The minimum atomic E-state index is -0.428. The third-order valence-corrected chi connectivity index (χ3v) is 3.44. The Balaban J connectivity index is 2.00. The van der Waals surface area contributed by atoms with Crippen molar-refractivity contribution in [2.75, 3.05) is 0 Å². The molecule has 0 spiro atoms. The van der Waals surface area contributed by atoms with Crippen molar-refractivity contribution in [3.8, 4) is 0 Å². The Hall–Kier alpha value is -2.10. The summed E-state index contributed by atoms with van der Waals surface area (Å²) >= 11 is 0. The van der Waals surface area contributed by atoms with Crippen molar-refractivity contribution in [3.05, 3.63) is 36.0 Å². The Labute approximate surface area is 104 Å². The van der Waals surface area contributed by atoms with Crippen LogP contribution in [0.3, 0.4) is 0 Å². The van der Waals surface area contributed by atoms with E-state index in [9.17, 15) is 9.59 Å². The first-order valence-electron chi connectivity index (χ1n) is 5.92. The molecule has 0 radical (unpaired) electrons. The van der Waals surface area contributed by atoms with Crippen molar-refractivity contribution in [1.29, 1.82) is 0 Å². The average molecular weight is 243 g/mol. The van der Waals surface area contributed by atoms with E-state index in [-0.39, 0.29) is 18.8 Å². The van der Waals surface area contributed by atoms with Gasteiger partial charge >= 0.3 is 11.9 Å². The maximum atomic E-state index is 11.3. The van der Waals surface area contributed by atoms with Gasteiger partial charge in [0.1, 0.15) is 0 Å². The van der Waals surface area contributed by atoms with Gasteiger partial charge in [-0.3, -0.25) is 9.59 Å². The molecule has 1 aliphatic heterocycles. The van der Waals surface area contributed by atoms with E-state index in [1.165, 1.54) is 0 Å². The number of rotatable bonds is 1. The molecule has 92 valence electrons. The second kappa shape index (κ2) is 3.98. The zero-order chi connectivity index (χ0) is 12.7. The smallest absolute Gasteiger partial charge is 0.314 e. The first kappa shape index (κ1) is 11.0. The van der Waals surface area contributed by atoms with E-state index < -0.39 is 11.9 Å². The molecule has 3 rings (SSSR count). The van der Waals surface area contributed by atoms with Gasteiger partial charge in [-0.1, -0.05) is 12.1 Å². The second-order valence-electron chi connectivity index (χ2n) is 4.70. The van der Waals surface area contributed by atoms with Crippen LogP contribution >= 0.6 is 0 Å². The van der Waals surface area contributed by atoms with Crippen LogP contribution in [0.1, 0.15) is 24.3 Å². The van der Waals surface area contributed by atoms with Crippen LogP contribution in [0.25, 0.3) is 10.9 Å². The Bertz CT molecular complexity index is 626. The highest BCUT2D eigenvalue weighted by Crippen LogP contribution is 2.30. The van der Waals surface area contributed by atoms with Gasteiger partial charge in [0.15, 0.2) is 0 Å². The molecule has 4 heteroatoms. The van der Waals surface area contributed by atoms with Crippen molar-refractivity contribution >= 4 is 22.8 Å². The van der Waals surface area contributed by atoms with E-state index in [0.29, 0.717) is 0 Å². The lowest BCUT2D eigenvalue weighted by Gasteiger charge is -2.20. The Morgan fingerprint density at radius 1 is 1.17 bits per heavy atom. The summed E-state index contributed by atoms with van der Waals surface area (Å²) in [6.07, 6.45) is 2.55. The molecule has 1 saturated heterocycles. The summed E-state index contributed by atoms with van der Waals surface area (Å²) in [4.78, 5) is 22.6. The van der Waals surface area contributed by atoms with Crippen LogP contribution in [0.5, 0.6) is 0 Å². The molecule has 0 amide bonds. The third kappa shape index (κ3) is 1.79. The maximum absolute atomic E-state index is 11.3. The Morgan fingerprint density at radius 2 is 1.89 bits per heavy atom. The molecule has 1 aromatic heterocycles. The molecule has 0 aliphatic carbocycles. The predicted molar refractivity (Wildman–Crippen MR) is 66.0 cm³/mol. The number of fused-ring (bicyclic) bond motifs is 1. The Kier molecular flexibility index (Phi) is 2.44. The molecule has 1 aliphatic rings. The number of aromatic nitrogens is 1. The number of hydrogen-bond acceptors (Lipinski definition) is 3. The summed E-state index contributed by atoms with van der Waals surface area (Å²) < 4.78 is 6.58. The zero-order valence-electron chi connectivity index (χ0n) is 10.1. The first-order chi connectivity index (χ1) is 8.63. The number of hydrogen-bond donors (Lipinski definition) is 0. The monoisotopic (exact) mass is 243 g/mol. The van der Waals surface area contributed by atoms with Crippen LogP contribution in [-0.2, 0) is 21.4 Å². The lowest BCUT2D eigenvalue weighted by Crippen LogP contribution is -2.24. The topological polar surface area (TPSA) is 48.3 Å². The number of aryl methyl sites for hydroxylation is 1. The first-order valence-corrected chi connectivity index (χ1v) is 5.92. The van der Waals surface area contributed by atoms with E-state index in [1.54, 1.807) is 0 Å². The molecule has 18 heavy (non-hydrogen) atoms. The van der Waals surface area contributed by atoms with Crippen molar-refractivity contribution < 1.29 is 14.3 Å². The van der Waals surface area contributed by atoms with Gasteiger partial charge in [-0.25, -0.2) is 0 Å². The van der Waals surface area contributed by atoms with Crippen molar-refractivity contribution in [3.63, 3.8) is 0 Å². The number of carbonyl (C=O) groups excluding carboxylic acids is 2. The molecular formula is C14H13NO3. The highest BCUT2D eigenvalue weighted by molar-refractivity contribution is 5.90. The number of esters is 2. The minimum absolute atomic E-state index is 0.0574. The molecule has 0 saturated carbocycles. The fourth-order valence-electron chi connectivity index (χ4n) is 2.45. The highest BCUT2D eigenvalue weighted by atomic mass is 16.6. The normalized spacial score (nSPS) is 17.2. The summed E-state index contributed by atoms with van der Waals surface area (Å²) in [7, 11) is 1.98. The molecule has 4 nitrogen and oxygen atoms in total. The van der Waals surface area contributed by atoms with Gasteiger partial charge in [-0.05, 0) is 23.1 Å². The molecule has 0 atom stereocenters. The molecule has 2 heterocycles. The summed E-state index contributed by atoms with van der Waals surface area (Å²) in [5.74, 6) is -0.912. The number of carbonyl (C=O) groups is 2. The highest BCUT2D eigenvalue weighted by Gasteiger charge is 2.28. The lowest BCUT2D eigenvalue weighted by molar-refractivity contribution is -0.163. The zero-order valence-corrected chi connectivity index (χ0v) is 10.1. The molecule has 0 bridgehead atoms. The van der Waals surface area contributed by atoms with E-state index in [4.69, 9.17) is 0 Å². The molecule has 2 aromatic rings. The van der Waals surface area contributed by atoms with Gasteiger partial charge in [0, 0.05) is 24.7 Å². The van der Waals surface area contributed by atoms with E-state index >= 15 is 0 Å². The quantitative estimate of drug-likeness (QED) is 0.569. The van der Waals surface area contributed by atoms with E-state index in [0.717, 1.165) is 16.5 Å². The maximum Gasteiger partial charge on any atom is 0.314 e. The summed E-state index contributed by atoms with van der Waals surface area (Å²) in [6.45, 7) is 0. The standard InChI is InChI=1S/C14H13NO3/c1-15-5-4-9-2-3-10(6-12(9)15)11-7-13(16)18-14(17)8-11/h2-6,11H,7-8H2,1H3. The minimum Gasteiger partial charge on any atom is -0.393 e. The van der Waals surface area contributed by atoms with Crippen molar-refractivity contribution in [2.24, 2.45) is 7.05 Å². The van der Waals surface area contributed by atoms with Gasteiger partial charge in [0.25, 0.3) is 0 Å². The average Bonchev–Trinajstić information content (AvgIpc) is 2.69. The Morgan fingerprint density at radius 3 is 2.61 bits per heavy atom. The molecular weight excluding hydrogens is 230 g/mol. The van der Waals surface area contributed by atoms with Crippen LogP contribution in [-0.4, -0.2) is 16.5 Å². The van der Waals surface area contributed by atoms with Crippen LogP contribution in [0.15, 0.2) is 30.5 Å². The SMILES string of the molecule is Cn1ccc2ccc(C3CC(=O)OC(=O)C3)cc21. The summed E-state index contributed by atoms with van der Waals surface area (Å²) in [5, 5.41) is 1.16. The van der Waals surface area contributed by atoms with Gasteiger partial charge in [-0.2, -0.15) is 0 Å². The summed E-state index contributed by atoms with van der Waals surface area (Å²) in [6, 6.07) is 8.10. The summed E-state index contributed by atoms with van der Waals surface area (Å²) in [5.41, 5.74) is 2.13. The van der Waals surface area contributed by atoms with E-state index in [1.807, 2.05) is 42.1 Å². The van der Waals surface area contributed by atoms with Crippen molar-refractivity contribution in [1.82, 2.24) is 4.57 Å². The third-order valence-electron chi connectivity index (χ3n) is 3.44. The van der Waals surface area contributed by atoms with Crippen LogP contribution in [0.4, 0.5) is 0 Å². The fourth-order valence-corrected chi connectivity index (χ4v) is 2.45. The predicted octanol–water partition coefficient (Wildman–Crippen LogP) is 2.13. The van der Waals surface area contributed by atoms with Crippen LogP contribution < -0.4 is 0 Å². The van der Waals surface area contributed by atoms with Gasteiger partial charge in [0.05, 0.1) is 12.8 Å². The lowest BCUT2D eigenvalue weighted by atomic mass is 9.90. The van der Waals surface area contributed by atoms with Gasteiger partial charge in [0.2, 0.25) is 0 Å². The number of benzene rings is 1. The molecule has 1 aromatic carbocycles. The number of nitrogens with zero attached hydrogens (tertiary/aromatic N) is 1. The van der Waals surface area contributed by atoms with Crippen LogP contribution in [0, 0.1) is 0 Å². The number of ether oxygens (including phenoxy) is 1. The van der Waals surface area contributed by atoms with Crippen LogP contribution in [0.2, 0.25) is 0 Å².